The summed E-state index contributed by atoms with van der Waals surface area (Å²) < 4.78 is 0. The molecule has 0 spiro atoms. The molecule has 1 aromatic carbocycles. The minimum absolute atomic E-state index is 0.162. The highest BCUT2D eigenvalue weighted by Gasteiger charge is 2.26. The number of aliphatic hydroxyl groups excluding tert-OH is 1. The van der Waals surface area contributed by atoms with Crippen LogP contribution >= 0.6 is 0 Å². The molecule has 5 N–H and O–H groups in total. The van der Waals surface area contributed by atoms with Gasteiger partial charge in [-0.2, -0.15) is 0 Å². The smallest absolute Gasteiger partial charge is 0.250 e. The zero-order valence-electron chi connectivity index (χ0n) is 9.60. The van der Waals surface area contributed by atoms with E-state index in [0.717, 1.165) is 13.0 Å². The van der Waals surface area contributed by atoms with Gasteiger partial charge < -0.3 is 21.5 Å². The van der Waals surface area contributed by atoms with Gasteiger partial charge in [-0.15, -0.1) is 0 Å². The Hall–Kier alpha value is -1.75. The molecule has 1 aliphatic heterocycles. The van der Waals surface area contributed by atoms with E-state index in [9.17, 15) is 4.79 Å². The molecule has 92 valence electrons. The van der Waals surface area contributed by atoms with Gasteiger partial charge in [-0.05, 0) is 18.6 Å². The zero-order valence-corrected chi connectivity index (χ0v) is 9.60. The fourth-order valence-electron chi connectivity index (χ4n) is 2.30. The zero-order chi connectivity index (χ0) is 12.4. The highest BCUT2D eigenvalue weighted by Crippen LogP contribution is 2.31. The van der Waals surface area contributed by atoms with Gasteiger partial charge in [0.15, 0.2) is 0 Å². The Kier molecular flexibility index (Phi) is 3.19. The maximum Gasteiger partial charge on any atom is 0.250 e. The van der Waals surface area contributed by atoms with E-state index in [1.807, 2.05) is 4.90 Å². The summed E-state index contributed by atoms with van der Waals surface area (Å²) in [5.74, 6) is -0.227. The number of nitrogen functional groups attached to an aromatic ring is 1. The summed E-state index contributed by atoms with van der Waals surface area (Å²) in [7, 11) is 0. The molecule has 0 aliphatic carbocycles. The number of anilines is 2. The predicted octanol–water partition coefficient (Wildman–Crippen LogP) is 0.186. The number of aliphatic hydroxyl groups is 1. The van der Waals surface area contributed by atoms with Gasteiger partial charge in [0.2, 0.25) is 0 Å². The molecule has 1 heterocycles. The first-order valence-corrected chi connectivity index (χ1v) is 5.67. The third-order valence-corrected chi connectivity index (χ3v) is 3.19. The van der Waals surface area contributed by atoms with E-state index in [-0.39, 0.29) is 12.5 Å². The van der Waals surface area contributed by atoms with Gasteiger partial charge in [-0.1, -0.05) is 6.07 Å². The Morgan fingerprint density at radius 2 is 2.29 bits per heavy atom. The maximum absolute atomic E-state index is 11.4. The maximum atomic E-state index is 11.4. The van der Waals surface area contributed by atoms with Crippen molar-refractivity contribution < 1.29 is 9.90 Å². The van der Waals surface area contributed by atoms with Crippen molar-refractivity contribution in [3.63, 3.8) is 0 Å². The molecule has 0 radical (unpaired) electrons. The SMILES string of the molecule is NC(=O)c1cccc(N)c1N1CCC(CO)C1. The Morgan fingerprint density at radius 3 is 2.88 bits per heavy atom. The van der Waals surface area contributed by atoms with Gasteiger partial charge in [0.25, 0.3) is 5.91 Å². The molecule has 0 aromatic heterocycles. The van der Waals surface area contributed by atoms with Crippen molar-refractivity contribution in [1.82, 2.24) is 0 Å². The van der Waals surface area contributed by atoms with Crippen LogP contribution in [-0.4, -0.2) is 30.7 Å². The molecule has 1 aliphatic rings. The van der Waals surface area contributed by atoms with E-state index in [0.29, 0.717) is 23.5 Å². The van der Waals surface area contributed by atoms with Crippen molar-refractivity contribution in [2.75, 3.05) is 30.3 Å². The third kappa shape index (κ3) is 2.19. The van der Waals surface area contributed by atoms with E-state index < -0.39 is 5.91 Å². The summed E-state index contributed by atoms with van der Waals surface area (Å²) in [4.78, 5) is 13.4. The number of hydrogen-bond acceptors (Lipinski definition) is 4. The number of hydrogen-bond donors (Lipinski definition) is 3. The Bertz CT molecular complexity index is 434. The normalized spacial score (nSPS) is 19.6. The molecule has 0 saturated carbocycles. The van der Waals surface area contributed by atoms with Crippen molar-refractivity contribution in [3.8, 4) is 0 Å². The lowest BCUT2D eigenvalue weighted by molar-refractivity contribution is 0.100. The molecule has 1 amide bonds. The number of rotatable bonds is 3. The van der Waals surface area contributed by atoms with E-state index in [2.05, 4.69) is 0 Å². The van der Waals surface area contributed by atoms with Crippen LogP contribution in [0.2, 0.25) is 0 Å². The predicted molar refractivity (Wildman–Crippen MR) is 66.8 cm³/mol. The van der Waals surface area contributed by atoms with E-state index in [4.69, 9.17) is 16.6 Å². The summed E-state index contributed by atoms with van der Waals surface area (Å²) in [6.45, 7) is 1.67. The quantitative estimate of drug-likeness (QED) is 0.652. The Morgan fingerprint density at radius 1 is 1.53 bits per heavy atom. The Balaban J connectivity index is 2.34. The monoisotopic (exact) mass is 235 g/mol. The summed E-state index contributed by atoms with van der Waals surface area (Å²) >= 11 is 0. The number of nitrogens with zero attached hydrogens (tertiary/aromatic N) is 1. The minimum atomic E-state index is -0.472. The standard InChI is InChI=1S/C12H17N3O2/c13-10-3-1-2-9(12(14)17)11(10)15-5-4-8(6-15)7-16/h1-3,8,16H,4-7,13H2,(H2,14,17). The van der Waals surface area contributed by atoms with Crippen LogP contribution < -0.4 is 16.4 Å². The summed E-state index contributed by atoms with van der Waals surface area (Å²) in [5.41, 5.74) is 13.0. The van der Waals surface area contributed by atoms with Gasteiger partial charge in [-0.25, -0.2) is 0 Å². The van der Waals surface area contributed by atoms with Crippen molar-refractivity contribution in [2.24, 2.45) is 11.7 Å². The Labute approximate surface area is 100 Å². The average Bonchev–Trinajstić information content (AvgIpc) is 2.76. The first-order valence-electron chi connectivity index (χ1n) is 5.67. The van der Waals surface area contributed by atoms with Crippen LogP contribution in [-0.2, 0) is 0 Å². The molecular formula is C12H17N3O2. The molecule has 5 nitrogen and oxygen atoms in total. The molecule has 17 heavy (non-hydrogen) atoms. The van der Waals surface area contributed by atoms with Crippen molar-refractivity contribution in [3.05, 3.63) is 23.8 Å². The van der Waals surface area contributed by atoms with Crippen LogP contribution in [0.25, 0.3) is 0 Å². The fraction of sp³-hybridized carbons (Fsp3) is 0.417. The molecule has 1 saturated heterocycles. The molecule has 0 bridgehead atoms. The fourth-order valence-corrected chi connectivity index (χ4v) is 2.30. The minimum Gasteiger partial charge on any atom is -0.397 e. The second-order valence-electron chi connectivity index (χ2n) is 4.39. The summed E-state index contributed by atoms with van der Waals surface area (Å²) in [6, 6.07) is 5.16. The number of amides is 1. The van der Waals surface area contributed by atoms with Crippen LogP contribution in [0.15, 0.2) is 18.2 Å². The van der Waals surface area contributed by atoms with Crippen molar-refractivity contribution in [1.29, 1.82) is 0 Å². The van der Waals surface area contributed by atoms with Gasteiger partial charge in [-0.3, -0.25) is 4.79 Å². The lowest BCUT2D eigenvalue weighted by Gasteiger charge is -2.22. The van der Waals surface area contributed by atoms with Crippen LogP contribution in [0, 0.1) is 5.92 Å². The van der Waals surface area contributed by atoms with Gasteiger partial charge in [0, 0.05) is 25.6 Å². The van der Waals surface area contributed by atoms with Crippen LogP contribution in [0.1, 0.15) is 16.8 Å². The average molecular weight is 235 g/mol. The molecule has 1 unspecified atom stereocenters. The summed E-state index contributed by atoms with van der Waals surface area (Å²) in [5, 5.41) is 9.13. The van der Waals surface area contributed by atoms with E-state index >= 15 is 0 Å². The molecule has 5 heteroatoms. The third-order valence-electron chi connectivity index (χ3n) is 3.19. The molecule has 1 aromatic rings. The van der Waals surface area contributed by atoms with E-state index in [1.165, 1.54) is 0 Å². The second-order valence-corrected chi connectivity index (χ2v) is 4.39. The second kappa shape index (κ2) is 4.63. The van der Waals surface area contributed by atoms with Crippen LogP contribution in [0.5, 0.6) is 0 Å². The topological polar surface area (TPSA) is 92.6 Å². The van der Waals surface area contributed by atoms with Gasteiger partial charge >= 0.3 is 0 Å². The lowest BCUT2D eigenvalue weighted by Crippen LogP contribution is -2.25. The highest BCUT2D eigenvalue weighted by atomic mass is 16.3. The van der Waals surface area contributed by atoms with Gasteiger partial charge in [0.1, 0.15) is 0 Å². The summed E-state index contributed by atoms with van der Waals surface area (Å²) in [6.07, 6.45) is 0.906. The van der Waals surface area contributed by atoms with Gasteiger partial charge in [0.05, 0.1) is 16.9 Å². The molecular weight excluding hydrogens is 218 g/mol. The van der Waals surface area contributed by atoms with E-state index in [1.54, 1.807) is 18.2 Å². The number of benzene rings is 1. The highest BCUT2D eigenvalue weighted by molar-refractivity contribution is 6.01. The number of para-hydroxylation sites is 1. The molecule has 1 fully saturated rings. The van der Waals surface area contributed by atoms with Crippen LogP contribution in [0.4, 0.5) is 11.4 Å². The van der Waals surface area contributed by atoms with Crippen molar-refractivity contribution >= 4 is 17.3 Å². The first-order chi connectivity index (χ1) is 8.13. The number of nitrogens with two attached hydrogens (primary N) is 2. The van der Waals surface area contributed by atoms with Crippen molar-refractivity contribution in [2.45, 2.75) is 6.42 Å². The molecule has 2 rings (SSSR count). The lowest BCUT2D eigenvalue weighted by atomic mass is 10.1. The number of carbonyl (C=O) groups excluding carboxylic acids is 1. The first kappa shape index (κ1) is 11.7. The molecule has 1 atom stereocenters. The van der Waals surface area contributed by atoms with Crippen LogP contribution in [0.3, 0.4) is 0 Å². The largest absolute Gasteiger partial charge is 0.397 e. The number of carbonyl (C=O) groups is 1. The number of primary amides is 1.